The van der Waals surface area contributed by atoms with Crippen LogP contribution in [0.2, 0.25) is 0 Å². The number of carbonyl (C=O) groups is 2. The van der Waals surface area contributed by atoms with Gasteiger partial charge in [0.05, 0.1) is 17.4 Å². The lowest BCUT2D eigenvalue weighted by molar-refractivity contribution is -0.121. The van der Waals surface area contributed by atoms with E-state index in [9.17, 15) is 9.59 Å². The van der Waals surface area contributed by atoms with Crippen molar-refractivity contribution >= 4 is 17.5 Å². The summed E-state index contributed by atoms with van der Waals surface area (Å²) in [5.41, 5.74) is 3.66. The number of likely N-dealkylation sites (tertiary alicyclic amines) is 1. The van der Waals surface area contributed by atoms with Crippen LogP contribution >= 0.6 is 0 Å². The first-order valence-electron chi connectivity index (χ1n) is 11.7. The van der Waals surface area contributed by atoms with Gasteiger partial charge in [-0.1, -0.05) is 42.0 Å². The maximum Gasteiger partial charge on any atom is 0.253 e. The predicted molar refractivity (Wildman–Crippen MR) is 126 cm³/mol. The number of nitrogens with one attached hydrogen (secondary N) is 2. The molecule has 0 aliphatic carbocycles. The van der Waals surface area contributed by atoms with Crippen molar-refractivity contribution in [2.45, 2.75) is 45.3 Å². The van der Waals surface area contributed by atoms with E-state index in [1.807, 2.05) is 12.1 Å². The van der Waals surface area contributed by atoms with E-state index in [4.69, 9.17) is 4.74 Å². The van der Waals surface area contributed by atoms with Gasteiger partial charge >= 0.3 is 0 Å². The highest BCUT2D eigenvalue weighted by Gasteiger charge is 2.26. The van der Waals surface area contributed by atoms with E-state index in [0.717, 1.165) is 51.9 Å². The number of benzene rings is 2. The summed E-state index contributed by atoms with van der Waals surface area (Å²) in [6.07, 6.45) is 3.75. The van der Waals surface area contributed by atoms with Crippen molar-refractivity contribution in [2.75, 3.05) is 31.6 Å². The highest BCUT2D eigenvalue weighted by atomic mass is 16.5. The average Bonchev–Trinajstić information content (AvgIpc) is 3.32. The Morgan fingerprint density at radius 2 is 1.88 bits per heavy atom. The standard InChI is InChI=1S/C26H33N3O3/c1-19-6-4-7-20(16-19)18-29-13-11-21(12-14-29)25(30)28-24-10-3-2-9-23(24)26(31)27-17-22-8-5-15-32-22/h2-4,6-7,9-10,16,21-22H,5,8,11-15,17-18H2,1H3,(H,27,31)(H,28,30)/t22-/m1/s1. The molecular formula is C26H33N3O3. The third kappa shape index (κ3) is 5.96. The highest BCUT2D eigenvalue weighted by molar-refractivity contribution is 6.04. The summed E-state index contributed by atoms with van der Waals surface area (Å²) in [5, 5.41) is 5.96. The van der Waals surface area contributed by atoms with Gasteiger partial charge in [-0.25, -0.2) is 0 Å². The smallest absolute Gasteiger partial charge is 0.253 e. The van der Waals surface area contributed by atoms with Crippen molar-refractivity contribution in [3.8, 4) is 0 Å². The molecule has 2 heterocycles. The van der Waals surface area contributed by atoms with Gasteiger partial charge < -0.3 is 15.4 Å². The van der Waals surface area contributed by atoms with Crippen LogP contribution in [0.4, 0.5) is 5.69 Å². The van der Waals surface area contributed by atoms with E-state index in [1.54, 1.807) is 12.1 Å². The third-order valence-electron chi connectivity index (χ3n) is 6.39. The summed E-state index contributed by atoms with van der Waals surface area (Å²) in [6, 6.07) is 15.8. The van der Waals surface area contributed by atoms with Crippen molar-refractivity contribution in [1.29, 1.82) is 0 Å². The lowest BCUT2D eigenvalue weighted by Gasteiger charge is -2.31. The quantitative estimate of drug-likeness (QED) is 0.695. The Bertz CT molecular complexity index is 931. The zero-order chi connectivity index (χ0) is 22.3. The summed E-state index contributed by atoms with van der Waals surface area (Å²) < 4.78 is 5.58. The normalized spacial score (nSPS) is 19.6. The molecule has 2 aliphatic rings. The summed E-state index contributed by atoms with van der Waals surface area (Å²) >= 11 is 0. The molecule has 6 nitrogen and oxygen atoms in total. The van der Waals surface area contributed by atoms with E-state index in [1.165, 1.54) is 11.1 Å². The number of ether oxygens (including phenoxy) is 1. The molecular weight excluding hydrogens is 402 g/mol. The molecule has 32 heavy (non-hydrogen) atoms. The fourth-order valence-corrected chi connectivity index (χ4v) is 4.55. The minimum absolute atomic E-state index is 0.000387. The van der Waals surface area contributed by atoms with E-state index in [0.29, 0.717) is 17.8 Å². The molecule has 2 aliphatic heterocycles. The van der Waals surface area contributed by atoms with Crippen LogP contribution in [0.25, 0.3) is 0 Å². The van der Waals surface area contributed by atoms with E-state index < -0.39 is 0 Å². The summed E-state index contributed by atoms with van der Waals surface area (Å²) in [7, 11) is 0. The third-order valence-corrected chi connectivity index (χ3v) is 6.39. The Labute approximate surface area is 190 Å². The van der Waals surface area contributed by atoms with Crippen molar-refractivity contribution in [2.24, 2.45) is 5.92 Å². The Morgan fingerprint density at radius 3 is 2.62 bits per heavy atom. The zero-order valence-corrected chi connectivity index (χ0v) is 18.8. The van der Waals surface area contributed by atoms with Crippen LogP contribution in [0.5, 0.6) is 0 Å². The van der Waals surface area contributed by atoms with Crippen LogP contribution in [0.1, 0.15) is 47.2 Å². The molecule has 170 valence electrons. The van der Waals surface area contributed by atoms with Crippen LogP contribution in [0, 0.1) is 12.8 Å². The molecule has 2 saturated heterocycles. The molecule has 0 spiro atoms. The molecule has 0 aromatic heterocycles. The second-order valence-electron chi connectivity index (χ2n) is 8.92. The number of hydrogen-bond acceptors (Lipinski definition) is 4. The number of carbonyl (C=O) groups excluding carboxylic acids is 2. The number of rotatable bonds is 7. The molecule has 2 N–H and O–H groups in total. The number of aryl methyl sites for hydroxylation is 1. The highest BCUT2D eigenvalue weighted by Crippen LogP contribution is 2.23. The first kappa shape index (κ1) is 22.5. The lowest BCUT2D eigenvalue weighted by atomic mass is 9.95. The van der Waals surface area contributed by atoms with Gasteiger partial charge in [-0.2, -0.15) is 0 Å². The second kappa shape index (κ2) is 10.7. The Morgan fingerprint density at radius 1 is 1.06 bits per heavy atom. The van der Waals surface area contributed by atoms with E-state index >= 15 is 0 Å². The minimum atomic E-state index is -0.177. The molecule has 2 amide bonds. The average molecular weight is 436 g/mol. The van der Waals surface area contributed by atoms with Gasteiger partial charge in [0.15, 0.2) is 0 Å². The maximum absolute atomic E-state index is 12.9. The van der Waals surface area contributed by atoms with Gasteiger partial charge in [-0.15, -0.1) is 0 Å². The summed E-state index contributed by atoms with van der Waals surface area (Å²) in [5.74, 6) is -0.212. The monoisotopic (exact) mass is 435 g/mol. The minimum Gasteiger partial charge on any atom is -0.376 e. The van der Waals surface area contributed by atoms with Gasteiger partial charge in [0.1, 0.15) is 0 Å². The Hall–Kier alpha value is -2.70. The molecule has 2 aromatic rings. The predicted octanol–water partition coefficient (Wildman–Crippen LogP) is 3.75. The molecule has 0 radical (unpaired) electrons. The number of anilines is 1. The molecule has 1 atom stereocenters. The van der Waals surface area contributed by atoms with Crippen LogP contribution in [-0.2, 0) is 16.1 Å². The fraction of sp³-hybridized carbons (Fsp3) is 0.462. The Kier molecular flexibility index (Phi) is 7.55. The first-order valence-corrected chi connectivity index (χ1v) is 11.7. The topological polar surface area (TPSA) is 70.7 Å². The van der Waals surface area contributed by atoms with Crippen molar-refractivity contribution in [3.63, 3.8) is 0 Å². The number of hydrogen-bond donors (Lipinski definition) is 2. The summed E-state index contributed by atoms with van der Waals surface area (Å²) in [4.78, 5) is 28.0. The van der Waals surface area contributed by atoms with Gasteiger partial charge in [0.25, 0.3) is 5.91 Å². The maximum atomic E-state index is 12.9. The molecule has 4 rings (SSSR count). The molecule has 6 heteroatoms. The van der Waals surface area contributed by atoms with Crippen molar-refractivity contribution < 1.29 is 14.3 Å². The molecule has 0 saturated carbocycles. The molecule has 2 aromatic carbocycles. The second-order valence-corrected chi connectivity index (χ2v) is 8.92. The lowest BCUT2D eigenvalue weighted by Crippen LogP contribution is -2.38. The number of piperidine rings is 1. The van der Waals surface area contributed by atoms with Crippen molar-refractivity contribution in [3.05, 3.63) is 65.2 Å². The number of amides is 2. The zero-order valence-electron chi connectivity index (χ0n) is 18.8. The SMILES string of the molecule is Cc1cccc(CN2CCC(C(=O)Nc3ccccc3C(=O)NC[C@H]3CCCO3)CC2)c1. The van der Waals surface area contributed by atoms with Crippen LogP contribution in [-0.4, -0.2) is 49.1 Å². The van der Waals surface area contributed by atoms with Crippen LogP contribution < -0.4 is 10.6 Å². The van der Waals surface area contributed by atoms with Crippen molar-refractivity contribution in [1.82, 2.24) is 10.2 Å². The van der Waals surface area contributed by atoms with Gasteiger partial charge in [-0.05, 0) is 63.4 Å². The van der Waals surface area contributed by atoms with Gasteiger partial charge in [0, 0.05) is 25.6 Å². The van der Waals surface area contributed by atoms with Gasteiger partial charge in [-0.3, -0.25) is 14.5 Å². The number of para-hydroxylation sites is 1. The van der Waals surface area contributed by atoms with E-state index in [-0.39, 0.29) is 23.8 Å². The molecule has 0 bridgehead atoms. The largest absolute Gasteiger partial charge is 0.376 e. The summed E-state index contributed by atoms with van der Waals surface area (Å²) in [6.45, 7) is 6.09. The van der Waals surface area contributed by atoms with E-state index in [2.05, 4.69) is 46.7 Å². The number of nitrogens with zero attached hydrogens (tertiary/aromatic N) is 1. The fourth-order valence-electron chi connectivity index (χ4n) is 4.55. The first-order chi connectivity index (χ1) is 15.6. The van der Waals surface area contributed by atoms with Crippen LogP contribution in [0.15, 0.2) is 48.5 Å². The Balaban J connectivity index is 1.29. The molecule has 0 unspecified atom stereocenters. The van der Waals surface area contributed by atoms with Gasteiger partial charge in [0.2, 0.25) is 5.91 Å². The molecule has 2 fully saturated rings. The van der Waals surface area contributed by atoms with Crippen LogP contribution in [0.3, 0.4) is 0 Å².